The molecule has 0 spiro atoms. The van der Waals surface area contributed by atoms with Gasteiger partial charge in [0, 0.05) is 21.9 Å². The molecule has 2 aliphatic rings. The maximum atomic E-state index is 14.1. The smallest absolute Gasteiger partial charge is 0.196 e. The molecule has 194 valence electrons. The molecule has 6 heteroatoms. The van der Waals surface area contributed by atoms with Crippen LogP contribution in [0.2, 0.25) is 0 Å². The van der Waals surface area contributed by atoms with E-state index in [1.165, 1.54) is 0 Å². The van der Waals surface area contributed by atoms with Crippen LogP contribution < -0.4 is 10.9 Å². The van der Waals surface area contributed by atoms with E-state index in [4.69, 9.17) is 9.47 Å². The lowest BCUT2D eigenvalue weighted by Crippen LogP contribution is -2.30. The van der Waals surface area contributed by atoms with Crippen LogP contribution in [0.25, 0.3) is 43.1 Å². The Morgan fingerprint density at radius 2 is 1.00 bits per heavy atom. The molecule has 0 aliphatic carbocycles. The largest absolute Gasteiger partial charge is 0.507 e. The Hall–Kier alpha value is -3.48. The average molecular weight is 511 g/mol. The predicted octanol–water partition coefficient (Wildman–Crippen LogP) is 5.97. The van der Waals surface area contributed by atoms with Gasteiger partial charge in [0.15, 0.2) is 10.9 Å². The molecular weight excluding hydrogens is 480 g/mol. The van der Waals surface area contributed by atoms with Crippen molar-refractivity contribution < 1.29 is 19.7 Å². The van der Waals surface area contributed by atoms with Crippen molar-refractivity contribution in [3.8, 4) is 11.5 Å². The van der Waals surface area contributed by atoms with E-state index < -0.39 is 12.2 Å². The Kier molecular flexibility index (Phi) is 4.69. The Bertz CT molecular complexity index is 1830. The number of hydrogen-bond donors (Lipinski definition) is 2. The quantitative estimate of drug-likeness (QED) is 0.197. The minimum Gasteiger partial charge on any atom is -0.507 e. The summed E-state index contributed by atoms with van der Waals surface area (Å²) in [5.41, 5.74) is 3.75. The second kappa shape index (κ2) is 7.55. The Morgan fingerprint density at radius 3 is 1.37 bits per heavy atom. The Morgan fingerprint density at radius 1 is 0.632 bits per heavy atom. The highest BCUT2D eigenvalue weighted by Crippen LogP contribution is 2.50. The number of benzene rings is 5. The number of aromatic hydroxyl groups is 2. The lowest BCUT2D eigenvalue weighted by atomic mass is 9.77. The first-order valence-electron chi connectivity index (χ1n) is 13.4. The van der Waals surface area contributed by atoms with Crippen molar-refractivity contribution in [1.82, 2.24) is 0 Å². The summed E-state index contributed by atoms with van der Waals surface area (Å²) in [6.45, 7) is 11.4. The lowest BCUT2D eigenvalue weighted by molar-refractivity contribution is -0.00531. The fraction of sp³-hybridized carbons (Fsp3) is 0.375. The molecule has 6 nitrogen and oxygen atoms in total. The van der Waals surface area contributed by atoms with E-state index >= 15 is 0 Å². The maximum absolute atomic E-state index is 14.1. The summed E-state index contributed by atoms with van der Waals surface area (Å²) in [4.78, 5) is 28.2. The standard InChI is InChI=1S/C32H30O6/c1-11-7-17-18-8-12(2)30(34)28-24(18)26(20-10-14(4)38-16(6)22(20)32(28)36)25-19-9-13(3)37-15(5)21(19)31(35)27(23(17)25)29(11)33/h7-8,13-16,33-34H,9-10H2,1-6H3/t13-,14+,15+,16-. The van der Waals surface area contributed by atoms with E-state index in [1.54, 1.807) is 13.8 Å². The third-order valence-corrected chi connectivity index (χ3v) is 8.89. The number of fused-ring (bicyclic) bond motifs is 6. The van der Waals surface area contributed by atoms with Crippen molar-refractivity contribution in [3.05, 3.63) is 66.0 Å². The Labute approximate surface area is 219 Å². The second-order valence-electron chi connectivity index (χ2n) is 11.5. The van der Waals surface area contributed by atoms with Gasteiger partial charge < -0.3 is 19.7 Å². The summed E-state index contributed by atoms with van der Waals surface area (Å²) in [7, 11) is 0. The minimum atomic E-state index is -0.440. The van der Waals surface area contributed by atoms with Crippen LogP contribution in [0.3, 0.4) is 0 Å². The monoisotopic (exact) mass is 510 g/mol. The average Bonchev–Trinajstić information content (AvgIpc) is 2.83. The van der Waals surface area contributed by atoms with Crippen molar-refractivity contribution in [2.45, 2.75) is 78.8 Å². The summed E-state index contributed by atoms with van der Waals surface area (Å²) in [6, 6.07) is 3.82. The van der Waals surface area contributed by atoms with Gasteiger partial charge in [-0.15, -0.1) is 0 Å². The number of rotatable bonds is 0. The maximum Gasteiger partial charge on any atom is 0.196 e. The number of aryl methyl sites for hydroxylation is 2. The highest BCUT2D eigenvalue weighted by Gasteiger charge is 2.35. The molecule has 2 N–H and O–H groups in total. The molecule has 0 saturated heterocycles. The van der Waals surface area contributed by atoms with Crippen molar-refractivity contribution in [2.75, 3.05) is 0 Å². The van der Waals surface area contributed by atoms with E-state index in [9.17, 15) is 19.8 Å². The zero-order valence-corrected chi connectivity index (χ0v) is 22.4. The topological polar surface area (TPSA) is 93.1 Å². The van der Waals surface area contributed by atoms with Crippen LogP contribution in [0.4, 0.5) is 0 Å². The lowest BCUT2D eigenvalue weighted by Gasteiger charge is -2.33. The van der Waals surface area contributed by atoms with Gasteiger partial charge in [-0.2, -0.15) is 0 Å². The van der Waals surface area contributed by atoms with Gasteiger partial charge >= 0.3 is 0 Å². The van der Waals surface area contributed by atoms with Crippen LogP contribution in [-0.2, 0) is 22.3 Å². The number of phenolic OH excluding ortho intramolecular Hbond substituents is 2. The molecule has 5 aromatic rings. The molecule has 7 rings (SSSR count). The summed E-state index contributed by atoms with van der Waals surface area (Å²) in [5, 5.41) is 28.1. The molecule has 38 heavy (non-hydrogen) atoms. The van der Waals surface area contributed by atoms with Crippen molar-refractivity contribution in [2.24, 2.45) is 0 Å². The van der Waals surface area contributed by atoms with Gasteiger partial charge in [-0.1, -0.05) is 0 Å². The minimum absolute atomic E-state index is 0.0156. The highest BCUT2D eigenvalue weighted by molar-refractivity contribution is 6.36. The van der Waals surface area contributed by atoms with Gasteiger partial charge in [-0.3, -0.25) is 9.59 Å². The second-order valence-corrected chi connectivity index (χ2v) is 11.5. The summed E-state index contributed by atoms with van der Waals surface area (Å²) in [5.74, 6) is -0.0311. The highest BCUT2D eigenvalue weighted by atomic mass is 16.5. The summed E-state index contributed by atoms with van der Waals surface area (Å²) < 4.78 is 12.2. The number of ether oxygens (including phenoxy) is 2. The molecular formula is C32H30O6. The molecule has 0 radical (unpaired) electrons. The molecule has 2 heterocycles. The SMILES string of the molecule is Cc1cc2c3cc(C)c(O)c4c(=O)c5c(c(c6c7c(c(=O)c(c1O)c26)[C@H](C)O[C@H](C)C7)c43)C[C@H](C)O[C@@H]5C. The molecule has 0 bridgehead atoms. The molecule has 2 aliphatic heterocycles. The third kappa shape index (κ3) is 2.74. The van der Waals surface area contributed by atoms with Crippen LogP contribution in [0.1, 0.15) is 73.3 Å². The summed E-state index contributed by atoms with van der Waals surface area (Å²) in [6.07, 6.45) is -0.00948. The molecule has 0 saturated carbocycles. The predicted molar refractivity (Wildman–Crippen MR) is 150 cm³/mol. The van der Waals surface area contributed by atoms with Gasteiger partial charge in [0.2, 0.25) is 0 Å². The normalized spacial score (nSPS) is 23.5. The van der Waals surface area contributed by atoms with Gasteiger partial charge in [-0.25, -0.2) is 0 Å². The van der Waals surface area contributed by atoms with Gasteiger partial charge in [0.1, 0.15) is 11.5 Å². The van der Waals surface area contributed by atoms with Crippen molar-refractivity contribution >= 4 is 43.1 Å². The summed E-state index contributed by atoms with van der Waals surface area (Å²) >= 11 is 0. The van der Waals surface area contributed by atoms with Gasteiger partial charge in [-0.05, 0) is 110 Å². The first-order valence-corrected chi connectivity index (χ1v) is 13.4. The van der Waals surface area contributed by atoms with E-state index in [1.807, 2.05) is 39.8 Å². The van der Waals surface area contributed by atoms with E-state index in [2.05, 4.69) is 0 Å². The Balaban J connectivity index is 1.94. The molecule has 0 aromatic heterocycles. The fourth-order valence-corrected chi connectivity index (χ4v) is 7.46. The van der Waals surface area contributed by atoms with Crippen LogP contribution in [0.5, 0.6) is 11.5 Å². The number of phenols is 2. The van der Waals surface area contributed by atoms with Crippen LogP contribution in [-0.4, -0.2) is 22.4 Å². The molecule has 0 unspecified atom stereocenters. The molecule has 0 amide bonds. The van der Waals surface area contributed by atoms with E-state index in [0.717, 1.165) is 43.4 Å². The first kappa shape index (κ1) is 23.6. The zero-order valence-electron chi connectivity index (χ0n) is 22.4. The molecule has 4 atom stereocenters. The third-order valence-electron chi connectivity index (χ3n) is 8.89. The van der Waals surface area contributed by atoms with E-state index in [0.29, 0.717) is 45.9 Å². The van der Waals surface area contributed by atoms with Crippen LogP contribution >= 0.6 is 0 Å². The van der Waals surface area contributed by atoms with Crippen molar-refractivity contribution in [1.29, 1.82) is 0 Å². The molecule has 5 aromatic carbocycles. The fourth-order valence-electron chi connectivity index (χ4n) is 7.46. The van der Waals surface area contributed by atoms with E-state index in [-0.39, 0.29) is 34.6 Å². The van der Waals surface area contributed by atoms with Gasteiger partial charge in [0.25, 0.3) is 0 Å². The zero-order chi connectivity index (χ0) is 26.9. The molecule has 0 fully saturated rings. The van der Waals surface area contributed by atoms with Crippen LogP contribution in [0.15, 0.2) is 21.7 Å². The first-order chi connectivity index (χ1) is 18.0. The van der Waals surface area contributed by atoms with Crippen molar-refractivity contribution in [3.63, 3.8) is 0 Å². The van der Waals surface area contributed by atoms with Gasteiger partial charge in [0.05, 0.1) is 35.2 Å². The van der Waals surface area contributed by atoms with Crippen LogP contribution in [0, 0.1) is 13.8 Å². The number of hydrogen-bond acceptors (Lipinski definition) is 6.